The van der Waals surface area contributed by atoms with Gasteiger partial charge in [0.1, 0.15) is 0 Å². The Morgan fingerprint density at radius 3 is 2.52 bits per heavy atom. The number of aliphatic hydroxyl groups excluding tert-OH is 1. The number of anilines is 1. The van der Waals surface area contributed by atoms with Gasteiger partial charge in [0.2, 0.25) is 0 Å². The normalized spacial score (nSPS) is 20.1. The van der Waals surface area contributed by atoms with E-state index in [2.05, 4.69) is 46.6 Å². The van der Waals surface area contributed by atoms with Crippen LogP contribution in [0.1, 0.15) is 24.0 Å². The Kier molecular flexibility index (Phi) is 4.14. The average molecular weight is 363 g/mol. The maximum absolute atomic E-state index is 12.7. The van der Waals surface area contributed by atoms with Crippen LogP contribution in [0.2, 0.25) is 0 Å². The molecule has 0 spiro atoms. The summed E-state index contributed by atoms with van der Waals surface area (Å²) < 4.78 is 0. The molecule has 2 aromatic carbocycles. The third-order valence-electron chi connectivity index (χ3n) is 6.20. The van der Waals surface area contributed by atoms with Crippen LogP contribution >= 0.6 is 0 Å². The molecule has 5 heteroatoms. The van der Waals surface area contributed by atoms with Gasteiger partial charge in [-0.2, -0.15) is 0 Å². The number of piperidine rings is 1. The lowest BCUT2D eigenvalue weighted by Gasteiger charge is -2.45. The predicted octanol–water partition coefficient (Wildman–Crippen LogP) is 2.93. The number of hydrogen-bond acceptors (Lipinski definition) is 3. The highest BCUT2D eigenvalue weighted by atomic mass is 16.3. The smallest absolute Gasteiger partial charge is 0.321 e. The van der Waals surface area contributed by atoms with Crippen LogP contribution in [0.15, 0.2) is 42.5 Å². The van der Waals surface area contributed by atoms with Crippen molar-refractivity contribution in [3.63, 3.8) is 0 Å². The van der Waals surface area contributed by atoms with E-state index >= 15 is 0 Å². The van der Waals surface area contributed by atoms with E-state index in [1.807, 2.05) is 11.0 Å². The van der Waals surface area contributed by atoms with E-state index in [9.17, 15) is 9.90 Å². The number of urea groups is 1. The van der Waals surface area contributed by atoms with Crippen molar-refractivity contribution >= 4 is 11.7 Å². The second-order valence-corrected chi connectivity index (χ2v) is 7.96. The van der Waals surface area contributed by atoms with Crippen molar-refractivity contribution in [1.29, 1.82) is 0 Å². The van der Waals surface area contributed by atoms with Gasteiger partial charge < -0.3 is 15.3 Å². The first kappa shape index (κ1) is 16.8. The second-order valence-electron chi connectivity index (χ2n) is 7.96. The highest BCUT2D eigenvalue weighted by Crippen LogP contribution is 2.37. The molecule has 0 bridgehead atoms. The molecule has 140 valence electrons. The van der Waals surface area contributed by atoms with Crippen LogP contribution in [-0.2, 0) is 6.42 Å². The van der Waals surface area contributed by atoms with E-state index in [-0.39, 0.29) is 12.1 Å². The lowest BCUT2D eigenvalue weighted by atomic mass is 9.99. The number of carbonyl (C=O) groups is 1. The molecule has 2 aliphatic heterocycles. The molecule has 0 aromatic heterocycles. The Balaban J connectivity index is 1.20. The molecule has 0 radical (unpaired) electrons. The number of β-amino-alcohol motifs (C(OH)–C–C–N with tert-alkyl or cyclic N) is 1. The molecule has 2 fully saturated rings. The van der Waals surface area contributed by atoms with Crippen molar-refractivity contribution in [3.8, 4) is 11.1 Å². The van der Waals surface area contributed by atoms with Crippen LogP contribution in [0.3, 0.4) is 0 Å². The fourth-order valence-electron chi connectivity index (χ4n) is 4.65. The lowest BCUT2D eigenvalue weighted by molar-refractivity contribution is -0.0368. The molecule has 5 nitrogen and oxygen atoms in total. The molecule has 2 amide bonds. The van der Waals surface area contributed by atoms with Gasteiger partial charge in [-0.1, -0.05) is 30.3 Å². The monoisotopic (exact) mass is 363 g/mol. The summed E-state index contributed by atoms with van der Waals surface area (Å²) in [6.07, 6.45) is 2.75. The number of amides is 2. The van der Waals surface area contributed by atoms with Crippen molar-refractivity contribution in [3.05, 3.63) is 53.6 Å². The van der Waals surface area contributed by atoms with Crippen molar-refractivity contribution in [2.75, 3.05) is 31.5 Å². The number of rotatable bonds is 2. The van der Waals surface area contributed by atoms with Gasteiger partial charge in [-0.15, -0.1) is 0 Å². The van der Waals surface area contributed by atoms with E-state index < -0.39 is 0 Å². The maximum Gasteiger partial charge on any atom is 0.321 e. The van der Waals surface area contributed by atoms with Crippen LogP contribution in [0.25, 0.3) is 11.1 Å². The summed E-state index contributed by atoms with van der Waals surface area (Å²) in [6.45, 7) is 3.13. The fraction of sp³-hybridized carbons (Fsp3) is 0.409. The Morgan fingerprint density at radius 1 is 1.00 bits per heavy atom. The van der Waals surface area contributed by atoms with E-state index in [4.69, 9.17) is 0 Å². The Hall–Kier alpha value is -2.37. The minimum Gasteiger partial charge on any atom is -0.390 e. The van der Waals surface area contributed by atoms with E-state index in [0.29, 0.717) is 6.04 Å². The van der Waals surface area contributed by atoms with Gasteiger partial charge >= 0.3 is 6.03 Å². The third kappa shape index (κ3) is 3.11. The summed E-state index contributed by atoms with van der Waals surface area (Å²) in [5.41, 5.74) is 6.10. The summed E-state index contributed by atoms with van der Waals surface area (Å²) in [5, 5.41) is 12.5. The number of nitrogens with one attached hydrogen (secondary N) is 1. The Bertz CT molecular complexity index is 868. The molecule has 1 aliphatic carbocycles. The Labute approximate surface area is 159 Å². The number of fused-ring (bicyclic) bond motifs is 3. The number of carbonyl (C=O) groups excluding carboxylic acids is 1. The average Bonchev–Trinajstić information content (AvgIpc) is 3.03. The zero-order valence-corrected chi connectivity index (χ0v) is 15.4. The second kappa shape index (κ2) is 6.66. The number of likely N-dealkylation sites (tertiary alicyclic amines) is 2. The summed E-state index contributed by atoms with van der Waals surface area (Å²) in [6, 6.07) is 15.2. The van der Waals surface area contributed by atoms with E-state index in [0.717, 1.165) is 51.1 Å². The maximum atomic E-state index is 12.7. The first-order valence-electron chi connectivity index (χ1n) is 9.86. The molecule has 0 unspecified atom stereocenters. The molecule has 27 heavy (non-hydrogen) atoms. The third-order valence-corrected chi connectivity index (χ3v) is 6.20. The molecule has 2 N–H and O–H groups in total. The standard InChI is InChI=1S/C22H25N3O2/c26-19-13-25(14-19)18-7-9-24(10-8-18)22(27)23-17-5-6-21-16(12-17)11-15-3-1-2-4-20(15)21/h1-6,12,18-19,26H,7-11,13-14H2,(H,23,27). The van der Waals surface area contributed by atoms with Crippen LogP contribution in [-0.4, -0.2) is 59.3 Å². The zero-order chi connectivity index (χ0) is 18.4. The highest BCUT2D eigenvalue weighted by molar-refractivity contribution is 5.90. The first-order valence-corrected chi connectivity index (χ1v) is 9.86. The summed E-state index contributed by atoms with van der Waals surface area (Å²) >= 11 is 0. The summed E-state index contributed by atoms with van der Waals surface area (Å²) in [4.78, 5) is 16.9. The number of nitrogens with zero attached hydrogens (tertiary/aromatic N) is 2. The van der Waals surface area contributed by atoms with Crippen LogP contribution < -0.4 is 5.32 Å². The quantitative estimate of drug-likeness (QED) is 0.736. The number of hydrogen-bond donors (Lipinski definition) is 2. The van der Waals surface area contributed by atoms with Gasteiger partial charge in [0.15, 0.2) is 0 Å². The van der Waals surface area contributed by atoms with Gasteiger partial charge in [-0.3, -0.25) is 4.90 Å². The molecule has 2 saturated heterocycles. The molecule has 0 saturated carbocycles. The van der Waals surface area contributed by atoms with E-state index in [1.54, 1.807) is 0 Å². The Morgan fingerprint density at radius 2 is 1.74 bits per heavy atom. The molecule has 3 aliphatic rings. The highest BCUT2D eigenvalue weighted by Gasteiger charge is 2.33. The molecular weight excluding hydrogens is 338 g/mol. The van der Waals surface area contributed by atoms with E-state index in [1.165, 1.54) is 22.3 Å². The molecule has 2 aromatic rings. The molecule has 5 rings (SSSR count). The van der Waals surface area contributed by atoms with Gasteiger partial charge in [0, 0.05) is 37.9 Å². The minimum absolute atomic E-state index is 0.00689. The van der Waals surface area contributed by atoms with Crippen molar-refractivity contribution in [2.45, 2.75) is 31.4 Å². The van der Waals surface area contributed by atoms with Crippen molar-refractivity contribution in [2.24, 2.45) is 0 Å². The van der Waals surface area contributed by atoms with Gasteiger partial charge in [-0.05, 0) is 53.6 Å². The van der Waals surface area contributed by atoms with Gasteiger partial charge in [0.05, 0.1) is 6.10 Å². The molecule has 0 atom stereocenters. The van der Waals surface area contributed by atoms with Gasteiger partial charge in [0.25, 0.3) is 0 Å². The lowest BCUT2D eigenvalue weighted by Crippen LogP contribution is -2.58. The molecular formula is C22H25N3O2. The largest absolute Gasteiger partial charge is 0.390 e. The fourth-order valence-corrected chi connectivity index (χ4v) is 4.65. The summed E-state index contributed by atoms with van der Waals surface area (Å²) in [5.74, 6) is 0. The first-order chi connectivity index (χ1) is 13.2. The summed E-state index contributed by atoms with van der Waals surface area (Å²) in [7, 11) is 0. The van der Waals surface area contributed by atoms with Crippen molar-refractivity contribution < 1.29 is 9.90 Å². The number of aliphatic hydroxyl groups is 1. The topological polar surface area (TPSA) is 55.8 Å². The predicted molar refractivity (Wildman–Crippen MR) is 106 cm³/mol. The van der Waals surface area contributed by atoms with Crippen LogP contribution in [0, 0.1) is 0 Å². The van der Waals surface area contributed by atoms with Crippen LogP contribution in [0.4, 0.5) is 10.5 Å². The minimum atomic E-state index is -0.155. The van der Waals surface area contributed by atoms with Crippen molar-refractivity contribution in [1.82, 2.24) is 9.80 Å². The van der Waals surface area contributed by atoms with Gasteiger partial charge in [-0.25, -0.2) is 4.79 Å². The SMILES string of the molecule is O=C(Nc1ccc2c(c1)Cc1ccccc1-2)N1CCC(N2CC(O)C2)CC1. The molecule has 2 heterocycles. The van der Waals surface area contributed by atoms with Crippen LogP contribution in [0.5, 0.6) is 0 Å². The number of benzene rings is 2. The zero-order valence-electron chi connectivity index (χ0n) is 15.4.